The van der Waals surface area contributed by atoms with E-state index in [1.807, 2.05) is 6.08 Å². The molecule has 0 radical (unpaired) electrons. The van der Waals surface area contributed by atoms with Crippen molar-refractivity contribution in [3.63, 3.8) is 0 Å². The lowest BCUT2D eigenvalue weighted by molar-refractivity contribution is -0.146. The molecule has 3 aliphatic rings. The fourth-order valence-electron chi connectivity index (χ4n) is 4.29. The summed E-state index contributed by atoms with van der Waals surface area (Å²) in [7, 11) is 0. The van der Waals surface area contributed by atoms with Crippen molar-refractivity contribution in [3.05, 3.63) is 54.1 Å². The summed E-state index contributed by atoms with van der Waals surface area (Å²) >= 11 is 5.94. The minimum absolute atomic E-state index is 0.219. The Bertz CT molecular complexity index is 759. The molecule has 0 aliphatic carbocycles. The van der Waals surface area contributed by atoms with Crippen LogP contribution < -0.4 is 4.90 Å². The number of amides is 1. The van der Waals surface area contributed by atoms with Gasteiger partial charge in [-0.2, -0.15) is 0 Å². The predicted octanol–water partition coefficient (Wildman–Crippen LogP) is 2.66. The van der Waals surface area contributed by atoms with Gasteiger partial charge in [-0.05, 0) is 30.7 Å². The third-order valence-corrected chi connectivity index (χ3v) is 5.45. The minimum Gasteiger partial charge on any atom is -0.481 e. The maximum atomic E-state index is 13.1. The highest BCUT2D eigenvalue weighted by molar-refractivity contribution is 6.30. The van der Waals surface area contributed by atoms with Crippen molar-refractivity contribution in [2.45, 2.75) is 24.2 Å². The third kappa shape index (κ3) is 1.85. The van der Waals surface area contributed by atoms with Gasteiger partial charge in [0, 0.05) is 10.7 Å². The molecule has 5 atom stereocenters. The topological polar surface area (TPSA) is 66.8 Å². The van der Waals surface area contributed by atoms with Crippen LogP contribution in [-0.2, 0) is 14.3 Å². The molecule has 24 heavy (non-hydrogen) atoms. The van der Waals surface area contributed by atoms with Gasteiger partial charge in [0.2, 0.25) is 5.91 Å². The van der Waals surface area contributed by atoms with E-state index in [4.69, 9.17) is 16.3 Å². The van der Waals surface area contributed by atoms with E-state index in [1.54, 1.807) is 41.3 Å². The smallest absolute Gasteiger partial charge is 0.310 e. The van der Waals surface area contributed by atoms with Crippen LogP contribution in [0.1, 0.15) is 6.42 Å². The number of ether oxygens (including phenoxy) is 1. The number of anilines is 1. The molecule has 2 fully saturated rings. The van der Waals surface area contributed by atoms with Crippen molar-refractivity contribution in [1.82, 2.24) is 0 Å². The normalized spacial score (nSPS) is 36.2. The number of aliphatic carboxylic acids is 1. The van der Waals surface area contributed by atoms with Crippen LogP contribution >= 0.6 is 11.6 Å². The SMILES string of the molecule is C=CC[C@H]1N(c2ccc(Cl)cc2)C(=O)[C@H]2[C@@H](C(=O)O)[C@H]3C=C[C@]21O3. The molecule has 3 heterocycles. The zero-order valence-corrected chi connectivity index (χ0v) is 13.5. The molecule has 3 aliphatic heterocycles. The number of nitrogens with zero attached hydrogens (tertiary/aromatic N) is 1. The first-order chi connectivity index (χ1) is 11.5. The average molecular weight is 346 g/mol. The molecule has 0 aromatic heterocycles. The van der Waals surface area contributed by atoms with Crippen molar-refractivity contribution < 1.29 is 19.4 Å². The third-order valence-electron chi connectivity index (χ3n) is 5.20. The molecular formula is C18H16ClNO4. The lowest BCUT2D eigenvalue weighted by Crippen LogP contribution is -2.45. The van der Waals surface area contributed by atoms with Crippen molar-refractivity contribution in [2.24, 2.45) is 11.8 Å². The quantitative estimate of drug-likeness (QED) is 0.852. The fourth-order valence-corrected chi connectivity index (χ4v) is 4.41. The number of benzene rings is 1. The van der Waals surface area contributed by atoms with Gasteiger partial charge in [-0.25, -0.2) is 0 Å². The second kappa shape index (κ2) is 5.19. The van der Waals surface area contributed by atoms with E-state index >= 15 is 0 Å². The number of fused-ring (bicyclic) bond motifs is 1. The van der Waals surface area contributed by atoms with E-state index in [0.717, 1.165) is 0 Å². The van der Waals surface area contributed by atoms with Gasteiger partial charge in [-0.3, -0.25) is 9.59 Å². The Morgan fingerprint density at radius 3 is 2.75 bits per heavy atom. The molecule has 4 rings (SSSR count). The second-order valence-corrected chi connectivity index (χ2v) is 6.80. The van der Waals surface area contributed by atoms with Gasteiger partial charge in [0.05, 0.1) is 18.1 Å². The number of hydrogen-bond acceptors (Lipinski definition) is 3. The first kappa shape index (κ1) is 15.4. The molecule has 0 saturated carbocycles. The lowest BCUT2D eigenvalue weighted by Gasteiger charge is -2.32. The Kier molecular flexibility index (Phi) is 3.34. The van der Waals surface area contributed by atoms with E-state index in [-0.39, 0.29) is 11.9 Å². The van der Waals surface area contributed by atoms with Crippen molar-refractivity contribution in [1.29, 1.82) is 0 Å². The first-order valence-corrected chi connectivity index (χ1v) is 8.17. The molecule has 1 amide bonds. The van der Waals surface area contributed by atoms with Gasteiger partial charge in [-0.15, -0.1) is 6.58 Å². The maximum absolute atomic E-state index is 13.1. The van der Waals surface area contributed by atoms with Crippen molar-refractivity contribution in [3.8, 4) is 0 Å². The standard InChI is InChI=1S/C18H16ClNO4/c1-2-3-13-18-9-8-12(24-18)14(17(22)23)15(18)16(21)20(13)11-6-4-10(19)5-7-11/h2,4-9,12-15H,1,3H2,(H,22,23)/t12-,13-,14+,15-,18-/m1/s1. The molecule has 2 saturated heterocycles. The van der Waals surface area contributed by atoms with Crippen LogP contribution in [0.4, 0.5) is 5.69 Å². The molecule has 5 nitrogen and oxygen atoms in total. The van der Waals surface area contributed by atoms with Crippen molar-refractivity contribution >= 4 is 29.2 Å². The van der Waals surface area contributed by atoms with E-state index in [0.29, 0.717) is 17.1 Å². The molecule has 1 aromatic carbocycles. The zero-order chi connectivity index (χ0) is 17.1. The highest BCUT2D eigenvalue weighted by atomic mass is 35.5. The van der Waals surface area contributed by atoms with Gasteiger partial charge in [0.25, 0.3) is 0 Å². The van der Waals surface area contributed by atoms with Crippen LogP contribution in [0.2, 0.25) is 5.02 Å². The monoisotopic (exact) mass is 345 g/mol. The Labute approximate surface area is 144 Å². The molecule has 6 heteroatoms. The minimum atomic E-state index is -1.00. The average Bonchev–Trinajstić information content (AvgIpc) is 3.18. The summed E-state index contributed by atoms with van der Waals surface area (Å²) in [6.07, 6.45) is 5.33. The molecule has 0 unspecified atom stereocenters. The van der Waals surface area contributed by atoms with Gasteiger partial charge in [-0.1, -0.05) is 29.8 Å². The van der Waals surface area contributed by atoms with Crippen LogP contribution in [0.25, 0.3) is 0 Å². The fraction of sp³-hybridized carbons (Fsp3) is 0.333. The molecule has 2 bridgehead atoms. The Morgan fingerprint density at radius 1 is 1.42 bits per heavy atom. The van der Waals surface area contributed by atoms with Crippen LogP contribution in [0.5, 0.6) is 0 Å². The van der Waals surface area contributed by atoms with Crippen molar-refractivity contribution in [2.75, 3.05) is 4.90 Å². The Balaban J connectivity index is 1.83. The van der Waals surface area contributed by atoms with E-state index in [2.05, 4.69) is 6.58 Å². The van der Waals surface area contributed by atoms with Gasteiger partial charge < -0.3 is 14.7 Å². The van der Waals surface area contributed by atoms with E-state index < -0.39 is 29.5 Å². The summed E-state index contributed by atoms with van der Waals surface area (Å²) in [5.74, 6) is -2.79. The van der Waals surface area contributed by atoms with Gasteiger partial charge in [0.1, 0.15) is 11.5 Å². The second-order valence-electron chi connectivity index (χ2n) is 6.36. The van der Waals surface area contributed by atoms with Crippen LogP contribution in [0, 0.1) is 11.8 Å². The summed E-state index contributed by atoms with van der Waals surface area (Å²) < 4.78 is 6.04. The summed E-state index contributed by atoms with van der Waals surface area (Å²) in [6.45, 7) is 3.78. The number of carbonyl (C=O) groups is 2. The number of carboxylic acids is 1. The van der Waals surface area contributed by atoms with Crippen LogP contribution in [-0.4, -0.2) is 34.7 Å². The van der Waals surface area contributed by atoms with E-state index in [1.165, 1.54) is 0 Å². The number of hydrogen-bond donors (Lipinski definition) is 1. The Morgan fingerprint density at radius 2 is 2.12 bits per heavy atom. The largest absolute Gasteiger partial charge is 0.481 e. The molecular weight excluding hydrogens is 330 g/mol. The molecule has 1 aromatic rings. The summed E-state index contributed by atoms with van der Waals surface area (Å²) in [4.78, 5) is 26.5. The summed E-state index contributed by atoms with van der Waals surface area (Å²) in [5, 5.41) is 10.2. The number of carbonyl (C=O) groups excluding carboxylic acids is 1. The van der Waals surface area contributed by atoms with Crippen LogP contribution in [0.15, 0.2) is 49.1 Å². The number of carboxylic acid groups (broad SMARTS) is 1. The molecule has 124 valence electrons. The highest BCUT2D eigenvalue weighted by Crippen LogP contribution is 2.56. The maximum Gasteiger partial charge on any atom is 0.310 e. The van der Waals surface area contributed by atoms with Gasteiger partial charge in [0.15, 0.2) is 0 Å². The number of rotatable bonds is 4. The molecule has 1 N–H and O–H groups in total. The summed E-state index contributed by atoms with van der Waals surface area (Å²) in [5.41, 5.74) is -0.219. The van der Waals surface area contributed by atoms with Crippen LogP contribution in [0.3, 0.4) is 0 Å². The zero-order valence-electron chi connectivity index (χ0n) is 12.8. The lowest BCUT2D eigenvalue weighted by atomic mass is 9.74. The first-order valence-electron chi connectivity index (χ1n) is 7.79. The van der Waals surface area contributed by atoms with E-state index in [9.17, 15) is 14.7 Å². The Hall–Kier alpha value is -2.11. The number of halogens is 1. The summed E-state index contributed by atoms with van der Waals surface area (Å²) in [6, 6.07) is 6.63. The van der Waals surface area contributed by atoms with Gasteiger partial charge >= 0.3 is 5.97 Å². The predicted molar refractivity (Wildman–Crippen MR) is 88.9 cm³/mol. The highest BCUT2D eigenvalue weighted by Gasteiger charge is 2.71. The molecule has 1 spiro atoms.